The van der Waals surface area contributed by atoms with Crippen LogP contribution in [-0.4, -0.2) is 73.0 Å². The van der Waals surface area contributed by atoms with Gasteiger partial charge in [0.1, 0.15) is 0 Å². The second-order valence-corrected chi connectivity index (χ2v) is 11.1. The van der Waals surface area contributed by atoms with E-state index in [1.54, 1.807) is 6.08 Å². The average molecular weight is 609 g/mol. The third-order valence-corrected chi connectivity index (χ3v) is 8.57. The van der Waals surface area contributed by atoms with Crippen LogP contribution in [0.4, 0.5) is 0 Å². The summed E-state index contributed by atoms with van der Waals surface area (Å²) in [6, 6.07) is 8.17. The Hall–Kier alpha value is -1.45. The van der Waals surface area contributed by atoms with Gasteiger partial charge in [0, 0.05) is 42.7 Å². The van der Waals surface area contributed by atoms with Gasteiger partial charge in [0.2, 0.25) is 11.8 Å². The highest BCUT2D eigenvalue weighted by atomic mass is 127. The highest BCUT2D eigenvalue weighted by Gasteiger charge is 2.32. The molecular formula is C29H45IN4O2. The molecule has 1 aromatic carbocycles. The molecule has 2 atom stereocenters. The van der Waals surface area contributed by atoms with Crippen molar-refractivity contribution in [2.45, 2.75) is 75.3 Å². The van der Waals surface area contributed by atoms with E-state index in [0.29, 0.717) is 12.5 Å². The van der Waals surface area contributed by atoms with Gasteiger partial charge in [0.15, 0.2) is 0 Å². The number of nitrogens with one attached hydrogen (secondary N) is 2. The van der Waals surface area contributed by atoms with Crippen molar-refractivity contribution in [1.29, 1.82) is 0 Å². The summed E-state index contributed by atoms with van der Waals surface area (Å²) in [6.07, 6.45) is 11.2. The average Bonchev–Trinajstić information content (AvgIpc) is 3.07. The quantitative estimate of drug-likeness (QED) is 0.207. The SMILES string of the molecule is CCC(CC)CN1CC[C@@H](CNC(=O)/C=C/c2ccc(CI)cc2)N[C@@H](CCN2CCCCC2)C1=O. The molecule has 1 aromatic rings. The number of likely N-dealkylation sites (tertiary alicyclic amines) is 1. The molecule has 200 valence electrons. The lowest BCUT2D eigenvalue weighted by Crippen LogP contribution is -2.50. The lowest BCUT2D eigenvalue weighted by Gasteiger charge is -2.30. The molecular weight excluding hydrogens is 563 g/mol. The minimum absolute atomic E-state index is 0.0901. The minimum atomic E-state index is -0.183. The number of halogens is 1. The van der Waals surface area contributed by atoms with Crippen molar-refractivity contribution in [3.8, 4) is 0 Å². The molecule has 2 saturated heterocycles. The minimum Gasteiger partial charge on any atom is -0.351 e. The van der Waals surface area contributed by atoms with Crippen molar-refractivity contribution in [1.82, 2.24) is 20.4 Å². The Balaban J connectivity index is 1.57. The molecule has 7 heteroatoms. The number of amides is 2. The van der Waals surface area contributed by atoms with E-state index >= 15 is 0 Å². The van der Waals surface area contributed by atoms with E-state index in [2.05, 4.69) is 69.0 Å². The summed E-state index contributed by atoms with van der Waals surface area (Å²) in [5.41, 5.74) is 2.30. The lowest BCUT2D eigenvalue weighted by atomic mass is 10.0. The zero-order valence-electron chi connectivity index (χ0n) is 22.2. The third kappa shape index (κ3) is 9.45. The summed E-state index contributed by atoms with van der Waals surface area (Å²) in [7, 11) is 0. The molecule has 2 amide bonds. The van der Waals surface area contributed by atoms with E-state index in [0.717, 1.165) is 68.4 Å². The van der Waals surface area contributed by atoms with Crippen LogP contribution in [0.3, 0.4) is 0 Å². The predicted octanol–water partition coefficient (Wildman–Crippen LogP) is 4.62. The summed E-state index contributed by atoms with van der Waals surface area (Å²) in [6.45, 7) is 9.80. The van der Waals surface area contributed by atoms with Crippen LogP contribution in [0.2, 0.25) is 0 Å². The van der Waals surface area contributed by atoms with Crippen molar-refractivity contribution in [2.24, 2.45) is 5.92 Å². The molecule has 0 saturated carbocycles. The largest absolute Gasteiger partial charge is 0.351 e. The van der Waals surface area contributed by atoms with Crippen LogP contribution in [-0.2, 0) is 14.0 Å². The Labute approximate surface area is 231 Å². The van der Waals surface area contributed by atoms with Crippen molar-refractivity contribution in [2.75, 3.05) is 39.3 Å². The van der Waals surface area contributed by atoms with Crippen LogP contribution in [0.5, 0.6) is 0 Å². The Morgan fingerprint density at radius 1 is 1.14 bits per heavy atom. The van der Waals surface area contributed by atoms with Gasteiger partial charge >= 0.3 is 0 Å². The zero-order valence-corrected chi connectivity index (χ0v) is 24.3. The van der Waals surface area contributed by atoms with Crippen molar-refractivity contribution in [3.05, 3.63) is 41.5 Å². The maximum Gasteiger partial charge on any atom is 0.244 e. The predicted molar refractivity (Wildman–Crippen MR) is 157 cm³/mol. The summed E-state index contributed by atoms with van der Waals surface area (Å²) in [4.78, 5) is 30.6. The number of alkyl halides is 1. The normalized spacial score (nSPS) is 21.8. The van der Waals surface area contributed by atoms with E-state index in [4.69, 9.17) is 0 Å². The fourth-order valence-corrected chi connectivity index (χ4v) is 5.66. The fraction of sp³-hybridized carbons (Fsp3) is 0.655. The van der Waals surface area contributed by atoms with Gasteiger partial charge in [0.25, 0.3) is 0 Å². The molecule has 0 aromatic heterocycles. The molecule has 36 heavy (non-hydrogen) atoms. The molecule has 2 fully saturated rings. The molecule has 0 radical (unpaired) electrons. The smallest absolute Gasteiger partial charge is 0.244 e. The monoisotopic (exact) mass is 608 g/mol. The number of hydrogen-bond donors (Lipinski definition) is 2. The molecule has 0 spiro atoms. The first kappa shape index (κ1) is 29.1. The number of rotatable bonds is 12. The molecule has 3 rings (SSSR count). The lowest BCUT2D eigenvalue weighted by molar-refractivity contribution is -0.133. The second-order valence-electron chi connectivity index (χ2n) is 10.3. The molecule has 2 aliphatic heterocycles. The maximum absolute atomic E-state index is 13.5. The molecule has 2 heterocycles. The van der Waals surface area contributed by atoms with Gasteiger partial charge in [-0.3, -0.25) is 9.59 Å². The molecule has 6 nitrogen and oxygen atoms in total. The molecule has 0 unspecified atom stereocenters. The van der Waals surface area contributed by atoms with Gasteiger partial charge in [-0.2, -0.15) is 0 Å². The van der Waals surface area contributed by atoms with Crippen LogP contribution in [0, 0.1) is 5.92 Å². The van der Waals surface area contributed by atoms with E-state index in [9.17, 15) is 9.59 Å². The van der Waals surface area contributed by atoms with E-state index in [-0.39, 0.29) is 23.9 Å². The number of piperidine rings is 1. The topological polar surface area (TPSA) is 64.7 Å². The summed E-state index contributed by atoms with van der Waals surface area (Å²) >= 11 is 2.35. The number of benzene rings is 1. The van der Waals surface area contributed by atoms with Gasteiger partial charge in [0.05, 0.1) is 6.04 Å². The van der Waals surface area contributed by atoms with Gasteiger partial charge < -0.3 is 20.4 Å². The number of carbonyl (C=O) groups excluding carboxylic acids is 2. The van der Waals surface area contributed by atoms with Crippen molar-refractivity contribution >= 4 is 40.5 Å². The summed E-state index contributed by atoms with van der Waals surface area (Å²) < 4.78 is 0.979. The molecule has 2 aliphatic rings. The van der Waals surface area contributed by atoms with Gasteiger partial charge in [-0.25, -0.2) is 0 Å². The van der Waals surface area contributed by atoms with Gasteiger partial charge in [-0.1, -0.05) is 80.0 Å². The second kappa shape index (κ2) is 15.7. The maximum atomic E-state index is 13.5. The third-order valence-electron chi connectivity index (χ3n) is 7.69. The van der Waals surface area contributed by atoms with Crippen LogP contribution in [0.15, 0.2) is 30.3 Å². The standard InChI is InChI=1S/C29H45IN4O2/c1-3-23(4-2)22-34-19-14-26(32-27(29(34)36)15-18-33-16-6-5-7-17-33)21-31-28(35)13-12-24-8-10-25(20-30)11-9-24/h8-13,23,26-27,32H,3-7,14-22H2,1-2H3,(H,31,35)/b13-12+/t26-,27-/m0/s1. The first-order chi connectivity index (χ1) is 17.5. The van der Waals surface area contributed by atoms with Gasteiger partial charge in [-0.05, 0) is 61.9 Å². The highest BCUT2D eigenvalue weighted by molar-refractivity contribution is 14.1. The number of hydrogen-bond acceptors (Lipinski definition) is 4. The molecule has 0 bridgehead atoms. The van der Waals surface area contributed by atoms with Gasteiger partial charge in [-0.15, -0.1) is 0 Å². The van der Waals surface area contributed by atoms with E-state index in [1.165, 1.54) is 24.8 Å². The summed E-state index contributed by atoms with van der Waals surface area (Å²) in [5.74, 6) is 0.690. The Kier molecular flexibility index (Phi) is 12.7. The van der Waals surface area contributed by atoms with Crippen LogP contribution < -0.4 is 10.6 Å². The first-order valence-corrected chi connectivity index (χ1v) is 15.4. The van der Waals surface area contributed by atoms with Crippen LogP contribution in [0.25, 0.3) is 6.08 Å². The Bertz CT molecular complexity index is 834. The highest BCUT2D eigenvalue weighted by Crippen LogP contribution is 2.17. The van der Waals surface area contributed by atoms with E-state index in [1.807, 2.05) is 18.2 Å². The molecule has 2 N–H and O–H groups in total. The van der Waals surface area contributed by atoms with Crippen LogP contribution in [0.1, 0.15) is 69.9 Å². The number of carbonyl (C=O) groups is 2. The fourth-order valence-electron chi connectivity index (χ4n) is 5.16. The Morgan fingerprint density at radius 2 is 1.86 bits per heavy atom. The van der Waals surface area contributed by atoms with Crippen molar-refractivity contribution < 1.29 is 9.59 Å². The number of nitrogens with zero attached hydrogens (tertiary/aromatic N) is 2. The van der Waals surface area contributed by atoms with Crippen LogP contribution >= 0.6 is 22.6 Å². The molecule has 0 aliphatic carbocycles. The first-order valence-electron chi connectivity index (χ1n) is 13.9. The summed E-state index contributed by atoms with van der Waals surface area (Å²) in [5, 5.41) is 6.69. The van der Waals surface area contributed by atoms with Crippen molar-refractivity contribution in [3.63, 3.8) is 0 Å². The zero-order chi connectivity index (χ0) is 25.8. The Morgan fingerprint density at radius 3 is 2.53 bits per heavy atom. The van der Waals surface area contributed by atoms with E-state index < -0.39 is 0 Å².